The molecular formula is C19H24N2O3S. The van der Waals surface area contributed by atoms with Crippen LogP contribution in [-0.4, -0.2) is 31.7 Å². The Morgan fingerprint density at radius 1 is 1.00 bits per heavy atom. The van der Waals surface area contributed by atoms with Gasteiger partial charge in [0.05, 0.1) is 4.90 Å². The van der Waals surface area contributed by atoms with E-state index < -0.39 is 10.0 Å². The van der Waals surface area contributed by atoms with Gasteiger partial charge in [0.2, 0.25) is 10.0 Å². The number of anilines is 1. The van der Waals surface area contributed by atoms with E-state index in [9.17, 15) is 13.2 Å². The number of rotatable bonds is 5. The normalized spacial score (nSPS) is 11.8. The van der Waals surface area contributed by atoms with Gasteiger partial charge in [0.1, 0.15) is 0 Å². The molecule has 6 heteroatoms. The second kappa shape index (κ2) is 7.37. The third-order valence-corrected chi connectivity index (χ3v) is 6.33. The number of carbonyl (C=O) groups excluding carboxylic acids is 1. The van der Waals surface area contributed by atoms with Crippen molar-refractivity contribution in [3.05, 3.63) is 59.2 Å². The van der Waals surface area contributed by atoms with Gasteiger partial charge in [-0.05, 0) is 75.2 Å². The summed E-state index contributed by atoms with van der Waals surface area (Å²) < 4.78 is 26.2. The lowest BCUT2D eigenvalue weighted by atomic mass is 10.1. The highest BCUT2D eigenvalue weighted by Gasteiger charge is 2.22. The number of benzene rings is 2. The Morgan fingerprint density at radius 2 is 1.60 bits per heavy atom. The number of nitrogens with one attached hydrogen (secondary N) is 1. The van der Waals surface area contributed by atoms with E-state index in [1.165, 1.54) is 16.4 Å². The van der Waals surface area contributed by atoms with E-state index in [1.54, 1.807) is 25.2 Å². The molecule has 0 aliphatic carbocycles. The highest BCUT2D eigenvalue weighted by molar-refractivity contribution is 7.89. The second-order valence-electron chi connectivity index (χ2n) is 6.39. The summed E-state index contributed by atoms with van der Waals surface area (Å²) in [5.74, 6) is -0.224. The van der Waals surface area contributed by atoms with Crippen molar-refractivity contribution in [2.75, 3.05) is 12.4 Å². The lowest BCUT2D eigenvalue weighted by Crippen LogP contribution is -2.33. The molecule has 0 fully saturated rings. The van der Waals surface area contributed by atoms with Crippen molar-refractivity contribution in [1.82, 2.24) is 4.31 Å². The van der Waals surface area contributed by atoms with Crippen LogP contribution in [0.5, 0.6) is 0 Å². The van der Waals surface area contributed by atoms with Gasteiger partial charge in [0.25, 0.3) is 5.91 Å². The molecule has 0 bridgehead atoms. The fourth-order valence-corrected chi connectivity index (χ4v) is 3.61. The molecule has 0 unspecified atom stereocenters. The maximum atomic E-state index is 12.4. The fraction of sp³-hybridized carbons (Fsp3) is 0.316. The van der Waals surface area contributed by atoms with Crippen LogP contribution in [0.15, 0.2) is 47.4 Å². The standard InChI is InChI=1S/C19H24N2O3S/c1-13(2)21(5)25(23,24)18-10-8-17(9-11-18)20-19(22)16-7-6-14(3)15(4)12-16/h6-13H,1-5H3,(H,20,22). The molecule has 0 aromatic heterocycles. The number of sulfonamides is 1. The zero-order chi connectivity index (χ0) is 18.8. The van der Waals surface area contributed by atoms with Crippen LogP contribution in [0, 0.1) is 13.8 Å². The Labute approximate surface area is 149 Å². The molecule has 5 nitrogen and oxygen atoms in total. The van der Waals surface area contributed by atoms with Gasteiger partial charge in [-0.25, -0.2) is 8.42 Å². The van der Waals surface area contributed by atoms with E-state index in [4.69, 9.17) is 0 Å². The Bertz CT molecular complexity index is 872. The van der Waals surface area contributed by atoms with Crippen molar-refractivity contribution in [3.63, 3.8) is 0 Å². The number of aryl methyl sites for hydroxylation is 2. The first-order valence-electron chi connectivity index (χ1n) is 8.09. The summed E-state index contributed by atoms with van der Waals surface area (Å²) in [5.41, 5.74) is 3.29. The first kappa shape index (κ1) is 19.1. The predicted octanol–water partition coefficient (Wildman–Crippen LogP) is 3.58. The number of hydrogen-bond acceptors (Lipinski definition) is 3. The van der Waals surface area contributed by atoms with Gasteiger partial charge in [0.15, 0.2) is 0 Å². The van der Waals surface area contributed by atoms with Gasteiger partial charge in [-0.15, -0.1) is 0 Å². The van der Waals surface area contributed by atoms with Gasteiger partial charge in [-0.3, -0.25) is 4.79 Å². The Morgan fingerprint density at radius 3 is 2.12 bits per heavy atom. The molecule has 2 rings (SSSR count). The summed E-state index contributed by atoms with van der Waals surface area (Å²) in [5, 5.41) is 2.79. The van der Waals surface area contributed by atoms with Gasteiger partial charge < -0.3 is 5.32 Å². The van der Waals surface area contributed by atoms with Crippen molar-refractivity contribution in [1.29, 1.82) is 0 Å². The highest BCUT2D eigenvalue weighted by Crippen LogP contribution is 2.20. The van der Waals surface area contributed by atoms with Gasteiger partial charge in [-0.1, -0.05) is 6.07 Å². The van der Waals surface area contributed by atoms with E-state index >= 15 is 0 Å². The summed E-state index contributed by atoms with van der Waals surface area (Å²) in [7, 11) is -1.97. The Hall–Kier alpha value is -2.18. The first-order valence-corrected chi connectivity index (χ1v) is 9.53. The van der Waals surface area contributed by atoms with E-state index in [1.807, 2.05) is 39.8 Å². The van der Waals surface area contributed by atoms with Crippen LogP contribution >= 0.6 is 0 Å². The van der Waals surface area contributed by atoms with Crippen LogP contribution in [0.1, 0.15) is 35.3 Å². The summed E-state index contributed by atoms with van der Waals surface area (Å²) in [6, 6.07) is 11.6. The van der Waals surface area contributed by atoms with Crippen LogP contribution in [0.2, 0.25) is 0 Å². The van der Waals surface area contributed by atoms with Crippen molar-refractivity contribution in [2.45, 2.75) is 38.6 Å². The third-order valence-electron chi connectivity index (χ3n) is 4.29. The van der Waals surface area contributed by atoms with Crippen molar-refractivity contribution < 1.29 is 13.2 Å². The second-order valence-corrected chi connectivity index (χ2v) is 8.39. The Kier molecular flexibility index (Phi) is 5.65. The first-order chi connectivity index (χ1) is 11.6. The molecule has 0 atom stereocenters. The maximum absolute atomic E-state index is 12.4. The van der Waals surface area contributed by atoms with E-state index in [0.717, 1.165) is 11.1 Å². The fourth-order valence-electron chi connectivity index (χ4n) is 2.24. The highest BCUT2D eigenvalue weighted by atomic mass is 32.2. The van der Waals surface area contributed by atoms with Crippen LogP contribution < -0.4 is 5.32 Å². The average molecular weight is 360 g/mol. The smallest absolute Gasteiger partial charge is 0.255 e. The molecule has 0 spiro atoms. The van der Waals surface area contributed by atoms with E-state index in [-0.39, 0.29) is 16.8 Å². The van der Waals surface area contributed by atoms with Gasteiger partial charge in [0, 0.05) is 24.3 Å². The quantitative estimate of drug-likeness (QED) is 0.886. The van der Waals surface area contributed by atoms with Crippen molar-refractivity contribution in [3.8, 4) is 0 Å². The zero-order valence-corrected chi connectivity index (χ0v) is 16.0. The molecule has 0 aliphatic rings. The number of nitrogens with zero attached hydrogens (tertiary/aromatic N) is 1. The summed E-state index contributed by atoms with van der Waals surface area (Å²) in [6.45, 7) is 7.58. The topological polar surface area (TPSA) is 66.5 Å². The number of carbonyl (C=O) groups is 1. The van der Waals surface area contributed by atoms with E-state index in [0.29, 0.717) is 11.3 Å². The average Bonchev–Trinajstić information content (AvgIpc) is 2.56. The minimum absolute atomic E-state index is 0.130. The van der Waals surface area contributed by atoms with Crippen molar-refractivity contribution >= 4 is 21.6 Å². The summed E-state index contributed by atoms with van der Waals surface area (Å²) in [6.07, 6.45) is 0. The molecule has 0 saturated carbocycles. The minimum atomic E-state index is -3.53. The molecule has 0 saturated heterocycles. The molecular weight excluding hydrogens is 336 g/mol. The predicted molar refractivity (Wildman–Crippen MR) is 100 cm³/mol. The summed E-state index contributed by atoms with van der Waals surface area (Å²) in [4.78, 5) is 12.5. The van der Waals surface area contributed by atoms with E-state index in [2.05, 4.69) is 5.32 Å². The largest absolute Gasteiger partial charge is 0.322 e. The lowest BCUT2D eigenvalue weighted by Gasteiger charge is -2.21. The molecule has 0 aliphatic heterocycles. The van der Waals surface area contributed by atoms with Crippen LogP contribution in [-0.2, 0) is 10.0 Å². The van der Waals surface area contributed by atoms with Crippen LogP contribution in [0.25, 0.3) is 0 Å². The third kappa shape index (κ3) is 4.27. The van der Waals surface area contributed by atoms with Crippen LogP contribution in [0.4, 0.5) is 5.69 Å². The zero-order valence-electron chi connectivity index (χ0n) is 15.2. The molecule has 25 heavy (non-hydrogen) atoms. The molecule has 1 amide bonds. The molecule has 0 radical (unpaired) electrons. The SMILES string of the molecule is Cc1ccc(C(=O)Nc2ccc(S(=O)(=O)N(C)C(C)C)cc2)cc1C. The van der Waals surface area contributed by atoms with Crippen molar-refractivity contribution in [2.24, 2.45) is 0 Å². The number of hydrogen-bond donors (Lipinski definition) is 1. The molecule has 2 aromatic carbocycles. The molecule has 0 heterocycles. The monoisotopic (exact) mass is 360 g/mol. The molecule has 134 valence electrons. The van der Waals surface area contributed by atoms with Gasteiger partial charge >= 0.3 is 0 Å². The number of amides is 1. The molecule has 1 N–H and O–H groups in total. The molecule has 2 aromatic rings. The van der Waals surface area contributed by atoms with Crippen LogP contribution in [0.3, 0.4) is 0 Å². The van der Waals surface area contributed by atoms with Gasteiger partial charge in [-0.2, -0.15) is 4.31 Å². The lowest BCUT2D eigenvalue weighted by molar-refractivity contribution is 0.102. The maximum Gasteiger partial charge on any atom is 0.255 e. The minimum Gasteiger partial charge on any atom is -0.322 e. The Balaban J connectivity index is 2.17. The summed E-state index contributed by atoms with van der Waals surface area (Å²) >= 11 is 0.